The summed E-state index contributed by atoms with van der Waals surface area (Å²) in [6, 6.07) is 0. The molecule has 0 amide bonds. The van der Waals surface area contributed by atoms with Gasteiger partial charge in [-0.2, -0.15) is 0 Å². The Morgan fingerprint density at radius 2 is 0.308 bits per heavy atom. The van der Waals surface area contributed by atoms with Crippen LogP contribution in [0.25, 0.3) is 0 Å². The fraction of sp³-hybridized carbons (Fsp3) is 0. The minimum absolute atomic E-state index is 0. The molecule has 0 unspecified atom stereocenters. The molecular formula is C2H3W11-. The largest absolute Gasteiger partial charge is 0.521 e. The fourth-order valence-corrected chi connectivity index (χ4v) is 0. The molecule has 0 saturated heterocycles. The average Bonchev–Trinajstić information content (AvgIpc) is 1.00. The molecule has 0 N–H and O–H groups in total. The zero-order valence-corrected chi connectivity index (χ0v) is 38.0. The van der Waals surface area contributed by atoms with Crippen molar-refractivity contribution in [2.24, 2.45) is 0 Å². The molecule has 0 aliphatic heterocycles. The van der Waals surface area contributed by atoms with Crippen LogP contribution in [-0.4, -0.2) is 0 Å². The predicted octanol–water partition coefficient (Wildman–Crippen LogP) is 0.578. The maximum absolute atomic E-state index is 4.25. The monoisotopic (exact) mass is 2050 g/mol. The van der Waals surface area contributed by atoms with Crippen LogP contribution in [0.2, 0.25) is 0 Å². The average molecular weight is 2050 g/mol. The maximum Gasteiger partial charge on any atom is 0 e. The Bertz CT molecular complexity index is 8.05. The molecule has 0 bridgehead atoms. The molecule has 11 heteroatoms. The second-order valence-electron chi connectivity index (χ2n) is 0. The molecule has 0 aliphatic carbocycles. The third-order valence-electron chi connectivity index (χ3n) is 0. The van der Waals surface area contributed by atoms with E-state index in [0.29, 0.717) is 0 Å². The van der Waals surface area contributed by atoms with E-state index >= 15 is 0 Å². The molecule has 0 spiro atoms. The van der Waals surface area contributed by atoms with Gasteiger partial charge in [0.1, 0.15) is 0 Å². The standard InChI is InChI=1S/C2H3.11W/c1-2;;;;;;;;;;;/h1H,2H2;;;;;;;;;;;/q-1;;;;;;;;;;;. The van der Waals surface area contributed by atoms with Crippen LogP contribution in [0.1, 0.15) is 0 Å². The van der Waals surface area contributed by atoms with Gasteiger partial charge in [0.05, 0.1) is 0 Å². The van der Waals surface area contributed by atoms with Crippen molar-refractivity contribution in [3.05, 3.63) is 13.2 Å². The summed E-state index contributed by atoms with van der Waals surface area (Å²) in [5.74, 6) is 0. The van der Waals surface area contributed by atoms with Gasteiger partial charge in [-0.05, 0) is 0 Å². The Balaban J connectivity index is -0.0000000000909. The molecule has 0 aromatic rings. The second-order valence-corrected chi connectivity index (χ2v) is 0. The van der Waals surface area contributed by atoms with Crippen LogP contribution in [0.4, 0.5) is 0 Å². The third kappa shape index (κ3) is 108. The maximum atomic E-state index is 4.25. The molecule has 13 heavy (non-hydrogen) atoms. The summed E-state index contributed by atoms with van der Waals surface area (Å²) in [6.07, 6.45) is 0. The molecule has 0 aliphatic rings. The van der Waals surface area contributed by atoms with Crippen molar-refractivity contribution in [2.75, 3.05) is 0 Å². The fourth-order valence-electron chi connectivity index (χ4n) is 0. The van der Waals surface area contributed by atoms with Crippen LogP contribution in [0.15, 0.2) is 6.58 Å². The molecule has 0 saturated carbocycles. The van der Waals surface area contributed by atoms with E-state index in [9.17, 15) is 0 Å². The molecule has 0 radical (unpaired) electrons. The van der Waals surface area contributed by atoms with Crippen molar-refractivity contribution in [1.29, 1.82) is 0 Å². The SMILES string of the molecule is [CH-]=C.[W].[W].[W].[W].[W].[W].[W].[W].[W].[W].[W]. The van der Waals surface area contributed by atoms with Crippen molar-refractivity contribution in [3.8, 4) is 0 Å². The van der Waals surface area contributed by atoms with Gasteiger partial charge in [0.15, 0.2) is 0 Å². The molecule has 0 atom stereocenters. The minimum atomic E-state index is 0. The molecule has 0 aromatic heterocycles. The van der Waals surface area contributed by atoms with Gasteiger partial charge < -0.3 is 6.58 Å². The smallest absolute Gasteiger partial charge is 0 e. The third-order valence-corrected chi connectivity index (χ3v) is 0. The van der Waals surface area contributed by atoms with Crippen molar-refractivity contribution < 1.29 is 232 Å². The van der Waals surface area contributed by atoms with Gasteiger partial charge in [-0.15, -0.1) is 0 Å². The van der Waals surface area contributed by atoms with Crippen LogP contribution in [0.5, 0.6) is 0 Å². The first-order valence-electron chi connectivity index (χ1n) is 0.408. The van der Waals surface area contributed by atoms with Crippen LogP contribution in [0, 0.1) is 6.58 Å². The van der Waals surface area contributed by atoms with E-state index in [2.05, 4.69) is 13.2 Å². The summed E-state index contributed by atoms with van der Waals surface area (Å²) < 4.78 is 0. The van der Waals surface area contributed by atoms with Gasteiger partial charge in [0.25, 0.3) is 0 Å². The molecule has 0 heterocycles. The second kappa shape index (κ2) is 121. The summed E-state index contributed by atoms with van der Waals surface area (Å²) in [5, 5.41) is 0. The van der Waals surface area contributed by atoms with E-state index in [-0.39, 0.29) is 232 Å². The quantitative estimate of drug-likeness (QED) is 0.312. The number of hydrogen-bond donors (Lipinski definition) is 0. The first kappa shape index (κ1) is 110. The minimum Gasteiger partial charge on any atom is -0.521 e. The van der Waals surface area contributed by atoms with Gasteiger partial charge in [-0.1, -0.05) is 0 Å². The molecule has 78 valence electrons. The van der Waals surface area contributed by atoms with Crippen molar-refractivity contribution in [2.45, 2.75) is 0 Å². The Morgan fingerprint density at radius 3 is 0.308 bits per heavy atom. The van der Waals surface area contributed by atoms with Gasteiger partial charge in [0.2, 0.25) is 0 Å². The van der Waals surface area contributed by atoms with E-state index in [1.807, 2.05) is 0 Å². The molecule has 0 fully saturated rings. The van der Waals surface area contributed by atoms with Crippen LogP contribution < -0.4 is 0 Å². The van der Waals surface area contributed by atoms with Crippen molar-refractivity contribution >= 4 is 0 Å². The molecule has 0 nitrogen and oxygen atoms in total. The Morgan fingerprint density at radius 1 is 0.308 bits per heavy atom. The summed E-state index contributed by atoms with van der Waals surface area (Å²) >= 11 is 0. The normalized spacial score (nSPS) is 0.308. The van der Waals surface area contributed by atoms with Crippen molar-refractivity contribution in [3.63, 3.8) is 0 Å². The summed E-state index contributed by atoms with van der Waals surface area (Å²) in [7, 11) is 0. The number of rotatable bonds is 0. The van der Waals surface area contributed by atoms with Crippen LogP contribution in [0.3, 0.4) is 0 Å². The van der Waals surface area contributed by atoms with Crippen molar-refractivity contribution in [1.82, 2.24) is 0 Å². The van der Waals surface area contributed by atoms with E-state index in [1.54, 1.807) is 0 Å². The number of hydrogen-bond acceptors (Lipinski definition) is 0. The Labute approximate surface area is 239 Å². The van der Waals surface area contributed by atoms with E-state index in [0.717, 1.165) is 0 Å². The predicted molar refractivity (Wildman–Crippen MR) is 9.93 cm³/mol. The molecule has 0 rings (SSSR count). The van der Waals surface area contributed by atoms with Gasteiger partial charge in [-0.3, -0.25) is 6.58 Å². The molecule has 0 aromatic carbocycles. The zero-order valence-electron chi connectivity index (χ0n) is 5.78. The zero-order chi connectivity index (χ0) is 2.00. The van der Waals surface area contributed by atoms with E-state index < -0.39 is 0 Å². The van der Waals surface area contributed by atoms with Crippen LogP contribution >= 0.6 is 0 Å². The first-order valence-corrected chi connectivity index (χ1v) is 0.408. The Hall–Kier alpha value is 7.31. The van der Waals surface area contributed by atoms with Gasteiger partial charge >= 0.3 is 0 Å². The summed E-state index contributed by atoms with van der Waals surface area (Å²) in [5.41, 5.74) is 0. The van der Waals surface area contributed by atoms with E-state index in [4.69, 9.17) is 0 Å². The molecular weight excluding hydrogens is 2050 g/mol. The summed E-state index contributed by atoms with van der Waals surface area (Å²) in [4.78, 5) is 0. The topological polar surface area (TPSA) is 0 Å². The summed E-state index contributed by atoms with van der Waals surface area (Å²) in [6.45, 7) is 7.00. The van der Waals surface area contributed by atoms with Gasteiger partial charge in [0, 0.05) is 232 Å². The Kier molecular flexibility index (Phi) is 1020. The van der Waals surface area contributed by atoms with Crippen LogP contribution in [-0.2, 0) is 232 Å². The first-order chi connectivity index (χ1) is 1.00. The van der Waals surface area contributed by atoms with E-state index in [1.165, 1.54) is 0 Å². The van der Waals surface area contributed by atoms with Gasteiger partial charge in [-0.25, -0.2) is 0 Å².